The Morgan fingerprint density at radius 2 is 1.14 bits per heavy atom. The zero-order valence-corrected chi connectivity index (χ0v) is 31.2. The average Bonchev–Trinajstić information content (AvgIpc) is 3.15. The highest BCUT2D eigenvalue weighted by Gasteiger charge is 2.29. The van der Waals surface area contributed by atoms with E-state index in [1.54, 1.807) is 18.2 Å². The number of halogens is 3. The molecule has 50 heavy (non-hydrogen) atoms. The van der Waals surface area contributed by atoms with Gasteiger partial charge in [0, 0.05) is 11.1 Å². The van der Waals surface area contributed by atoms with E-state index in [2.05, 4.69) is 19.9 Å². The minimum absolute atomic E-state index is 0.184. The smallest absolute Gasteiger partial charge is 0.166 e. The lowest BCUT2D eigenvalue weighted by Crippen LogP contribution is -2.23. The number of unbranched alkanes of at least 4 members (excludes halogenated alkanes) is 11. The van der Waals surface area contributed by atoms with Crippen LogP contribution in [-0.2, 0) is 6.42 Å². The maximum Gasteiger partial charge on any atom is 0.166 e. The van der Waals surface area contributed by atoms with Crippen LogP contribution in [0.25, 0.3) is 27.8 Å². The fourth-order valence-electron chi connectivity index (χ4n) is 8.76. The van der Waals surface area contributed by atoms with E-state index in [0.717, 1.165) is 78.5 Å². The molecule has 5 rings (SSSR count). The lowest BCUT2D eigenvalue weighted by atomic mass is 9.70. The van der Waals surface area contributed by atoms with Crippen LogP contribution in [-0.4, -0.2) is 0 Å². The second-order valence-electron chi connectivity index (χ2n) is 15.6. The quantitative estimate of drug-likeness (QED) is 0.110. The molecule has 0 nitrogen and oxygen atoms in total. The highest BCUT2D eigenvalue weighted by molar-refractivity contribution is 5.74. The molecule has 3 aromatic rings. The SMILES string of the molecule is CCCCCCCCCCc1ccc(-c2ccc(-c3ccc(C4=CCC(C5CCC(CCCCCCC)CC5)CC4)c(F)c3)cc2)c(F)c1F. The van der Waals surface area contributed by atoms with Crippen LogP contribution in [0.4, 0.5) is 13.2 Å². The summed E-state index contributed by atoms with van der Waals surface area (Å²) in [5.74, 6) is 0.823. The molecule has 1 atom stereocenters. The number of rotatable bonds is 19. The zero-order valence-electron chi connectivity index (χ0n) is 31.2. The van der Waals surface area contributed by atoms with Gasteiger partial charge in [-0.05, 0) is 96.6 Å². The van der Waals surface area contributed by atoms with Gasteiger partial charge in [-0.1, -0.05) is 165 Å². The third kappa shape index (κ3) is 10.8. The first-order valence-electron chi connectivity index (χ1n) is 20.5. The molecule has 0 heterocycles. The maximum absolute atomic E-state index is 15.5. The van der Waals surface area contributed by atoms with Gasteiger partial charge < -0.3 is 0 Å². The van der Waals surface area contributed by atoms with Crippen LogP contribution in [0, 0.1) is 35.2 Å². The Morgan fingerprint density at radius 3 is 1.78 bits per heavy atom. The first-order chi connectivity index (χ1) is 24.5. The molecule has 2 aliphatic carbocycles. The van der Waals surface area contributed by atoms with E-state index in [0.29, 0.717) is 17.5 Å². The van der Waals surface area contributed by atoms with Gasteiger partial charge in [-0.25, -0.2) is 13.2 Å². The summed E-state index contributed by atoms with van der Waals surface area (Å²) in [5, 5.41) is 0. The minimum atomic E-state index is -0.783. The minimum Gasteiger partial charge on any atom is -0.206 e. The molecule has 3 heteroatoms. The van der Waals surface area contributed by atoms with E-state index in [9.17, 15) is 0 Å². The van der Waals surface area contributed by atoms with Crippen LogP contribution in [0.15, 0.2) is 60.7 Å². The summed E-state index contributed by atoms with van der Waals surface area (Å²) in [6.07, 6.45) is 29.4. The molecule has 2 aliphatic rings. The third-order valence-electron chi connectivity index (χ3n) is 12.0. The molecule has 0 aliphatic heterocycles. The van der Waals surface area contributed by atoms with Crippen molar-refractivity contribution < 1.29 is 13.2 Å². The molecule has 0 spiro atoms. The van der Waals surface area contributed by atoms with Crippen molar-refractivity contribution in [3.63, 3.8) is 0 Å². The molecule has 0 radical (unpaired) electrons. The van der Waals surface area contributed by atoms with E-state index >= 15 is 13.2 Å². The largest absolute Gasteiger partial charge is 0.206 e. The number of hydrogen-bond acceptors (Lipinski definition) is 0. The number of hydrogen-bond donors (Lipinski definition) is 0. The average molecular weight is 685 g/mol. The number of allylic oxidation sites excluding steroid dienone is 2. The van der Waals surface area contributed by atoms with Crippen molar-refractivity contribution in [1.29, 1.82) is 0 Å². The second-order valence-corrected chi connectivity index (χ2v) is 15.6. The van der Waals surface area contributed by atoms with Crippen LogP contribution >= 0.6 is 0 Å². The molecule has 3 aromatic carbocycles. The summed E-state index contributed by atoms with van der Waals surface area (Å²) < 4.78 is 45.7. The predicted octanol–water partition coefficient (Wildman–Crippen LogP) is 15.5. The van der Waals surface area contributed by atoms with Gasteiger partial charge in [0.1, 0.15) is 5.82 Å². The van der Waals surface area contributed by atoms with Crippen molar-refractivity contribution in [2.24, 2.45) is 17.8 Å². The number of benzene rings is 3. The van der Waals surface area contributed by atoms with Crippen LogP contribution < -0.4 is 0 Å². The fraction of sp³-hybridized carbons (Fsp3) is 0.574. The second kappa shape index (κ2) is 20.3. The number of aryl methyl sites for hydroxylation is 1. The molecule has 0 bridgehead atoms. The van der Waals surface area contributed by atoms with Crippen molar-refractivity contribution in [3.8, 4) is 22.3 Å². The summed E-state index contributed by atoms with van der Waals surface area (Å²) >= 11 is 0. The van der Waals surface area contributed by atoms with Crippen molar-refractivity contribution >= 4 is 5.57 Å². The maximum atomic E-state index is 15.5. The first-order valence-corrected chi connectivity index (χ1v) is 20.5. The van der Waals surface area contributed by atoms with E-state index in [-0.39, 0.29) is 11.4 Å². The van der Waals surface area contributed by atoms with Crippen molar-refractivity contribution in [2.75, 3.05) is 0 Å². The van der Waals surface area contributed by atoms with Gasteiger partial charge in [-0.15, -0.1) is 0 Å². The normalized spacial score (nSPS) is 19.5. The van der Waals surface area contributed by atoms with Gasteiger partial charge in [0.2, 0.25) is 0 Å². The van der Waals surface area contributed by atoms with Gasteiger partial charge in [0.15, 0.2) is 11.6 Å². The summed E-state index contributed by atoms with van der Waals surface area (Å²) in [5.41, 5.74) is 4.87. The van der Waals surface area contributed by atoms with Gasteiger partial charge >= 0.3 is 0 Å². The summed E-state index contributed by atoms with van der Waals surface area (Å²) in [4.78, 5) is 0. The molecular formula is C47H63F3. The zero-order chi connectivity index (χ0) is 35.1. The monoisotopic (exact) mass is 684 g/mol. The van der Waals surface area contributed by atoms with Gasteiger partial charge in [0.05, 0.1) is 0 Å². The molecule has 0 saturated heterocycles. The molecule has 1 unspecified atom stereocenters. The predicted molar refractivity (Wildman–Crippen MR) is 208 cm³/mol. The molecule has 272 valence electrons. The highest BCUT2D eigenvalue weighted by atomic mass is 19.2. The summed E-state index contributed by atoms with van der Waals surface area (Å²) in [7, 11) is 0. The van der Waals surface area contributed by atoms with Crippen molar-refractivity contribution in [1.82, 2.24) is 0 Å². The lowest BCUT2D eigenvalue weighted by molar-refractivity contribution is 0.187. The Balaban J connectivity index is 1.11. The van der Waals surface area contributed by atoms with E-state index in [1.165, 1.54) is 96.3 Å². The van der Waals surface area contributed by atoms with Crippen molar-refractivity contribution in [3.05, 3.63) is 89.3 Å². The standard InChI is InChI=1S/C47H63F3/c1-3-5-7-9-10-11-13-15-17-41-30-33-44(47(50)46(41)49)40-28-24-38(25-29-40)42-31-32-43(45(48)34-42)39-26-22-37(23-27-39)36-20-18-35(19-21-36)16-14-12-8-6-4-2/h24-26,28-37H,3-23,27H2,1-2H3. The molecule has 0 aromatic heterocycles. The van der Waals surface area contributed by atoms with E-state index in [1.807, 2.05) is 36.4 Å². The summed E-state index contributed by atoms with van der Waals surface area (Å²) in [6.45, 7) is 4.51. The van der Waals surface area contributed by atoms with Gasteiger partial charge in [-0.2, -0.15) is 0 Å². The van der Waals surface area contributed by atoms with Gasteiger partial charge in [0.25, 0.3) is 0 Å². The van der Waals surface area contributed by atoms with Gasteiger partial charge in [-0.3, -0.25) is 0 Å². The van der Waals surface area contributed by atoms with Crippen LogP contribution in [0.1, 0.15) is 160 Å². The van der Waals surface area contributed by atoms with Crippen LogP contribution in [0.5, 0.6) is 0 Å². The Kier molecular flexibility index (Phi) is 15.6. The molecule has 1 saturated carbocycles. The Bertz CT molecular complexity index is 1480. The molecule has 1 fully saturated rings. The topological polar surface area (TPSA) is 0 Å². The third-order valence-corrected chi connectivity index (χ3v) is 12.0. The van der Waals surface area contributed by atoms with Crippen molar-refractivity contribution in [2.45, 2.75) is 155 Å². The summed E-state index contributed by atoms with van der Waals surface area (Å²) in [6, 6.07) is 16.3. The van der Waals surface area contributed by atoms with Crippen LogP contribution in [0.2, 0.25) is 0 Å². The van der Waals surface area contributed by atoms with Crippen LogP contribution in [0.3, 0.4) is 0 Å². The Labute approximate surface area is 302 Å². The highest BCUT2D eigenvalue weighted by Crippen LogP contribution is 2.43. The molecular weight excluding hydrogens is 622 g/mol. The molecule has 0 amide bonds. The Hall–Kier alpha value is -2.81. The first kappa shape index (κ1) is 38.4. The fourth-order valence-corrected chi connectivity index (χ4v) is 8.76. The Morgan fingerprint density at radius 1 is 0.540 bits per heavy atom. The van der Waals surface area contributed by atoms with E-state index < -0.39 is 11.6 Å². The molecule has 0 N–H and O–H groups in total. The van der Waals surface area contributed by atoms with E-state index in [4.69, 9.17) is 0 Å². The lowest BCUT2D eigenvalue weighted by Gasteiger charge is -2.35.